The molecule has 32 heavy (non-hydrogen) atoms. The van der Waals surface area contributed by atoms with Crippen LogP contribution in [0.3, 0.4) is 0 Å². The third kappa shape index (κ3) is 5.24. The van der Waals surface area contributed by atoms with Crippen molar-refractivity contribution < 1.29 is 69.6 Å². The summed E-state index contributed by atoms with van der Waals surface area (Å²) < 4.78 is 26.9. The van der Waals surface area contributed by atoms with E-state index in [1.54, 1.807) is 6.92 Å². The fourth-order valence-electron chi connectivity index (χ4n) is 4.02. The Bertz CT molecular complexity index is 592. The van der Waals surface area contributed by atoms with Crippen LogP contribution in [-0.4, -0.2) is 145 Å². The van der Waals surface area contributed by atoms with Crippen molar-refractivity contribution in [1.82, 2.24) is 0 Å². The normalized spacial score (nSPS) is 52.7. The molecule has 0 aromatic heterocycles. The molecule has 3 rings (SSSR count). The molecule has 14 atom stereocenters. The molecule has 3 heterocycles. The highest BCUT2D eigenvalue weighted by molar-refractivity contribution is 4.95. The predicted molar refractivity (Wildman–Crippen MR) is 98.5 cm³/mol. The van der Waals surface area contributed by atoms with Crippen molar-refractivity contribution in [2.75, 3.05) is 13.2 Å². The van der Waals surface area contributed by atoms with Gasteiger partial charge in [0.25, 0.3) is 0 Å². The summed E-state index contributed by atoms with van der Waals surface area (Å²) in [6.07, 6.45) is -20.3. The molecular formula is C18H32O14. The van der Waals surface area contributed by atoms with Gasteiger partial charge in [-0.25, -0.2) is 0 Å². The first kappa shape index (κ1) is 26.1. The lowest BCUT2D eigenvalue weighted by Gasteiger charge is -2.47. The Morgan fingerprint density at radius 1 is 0.656 bits per heavy atom. The second-order valence-electron chi connectivity index (χ2n) is 8.25. The molecular weight excluding hydrogens is 440 g/mol. The summed E-state index contributed by atoms with van der Waals surface area (Å²) in [6.45, 7) is 0.204. The zero-order valence-corrected chi connectivity index (χ0v) is 17.3. The van der Waals surface area contributed by atoms with E-state index in [4.69, 9.17) is 23.7 Å². The SMILES string of the molecule is C[C@@H]1C[C@H](O)[C@@H](O)[C@@H](O[C@H]2[C@H](O)[C@@H](O)[C@@H](O[C@H]3[C@H](O)[C@@H](O)[C@@H](O)O[C@@H]3CO)O[C@@H]2CO)O1. The van der Waals surface area contributed by atoms with Crippen LogP contribution in [0.25, 0.3) is 0 Å². The van der Waals surface area contributed by atoms with Gasteiger partial charge in [-0.05, 0) is 6.92 Å². The molecule has 14 heteroatoms. The molecule has 3 saturated heterocycles. The van der Waals surface area contributed by atoms with Crippen LogP contribution in [0.5, 0.6) is 0 Å². The van der Waals surface area contributed by atoms with Gasteiger partial charge in [0.05, 0.1) is 25.4 Å². The number of rotatable bonds is 6. The van der Waals surface area contributed by atoms with Gasteiger partial charge in [0.15, 0.2) is 18.9 Å². The van der Waals surface area contributed by atoms with Gasteiger partial charge in [-0.15, -0.1) is 0 Å². The zero-order valence-electron chi connectivity index (χ0n) is 17.3. The fraction of sp³-hybridized carbons (Fsp3) is 1.00. The highest BCUT2D eigenvalue weighted by atomic mass is 16.7. The van der Waals surface area contributed by atoms with Crippen molar-refractivity contribution in [3.63, 3.8) is 0 Å². The average molecular weight is 472 g/mol. The first-order valence-corrected chi connectivity index (χ1v) is 10.3. The quantitative estimate of drug-likeness (QED) is 0.176. The van der Waals surface area contributed by atoms with Gasteiger partial charge in [0.2, 0.25) is 0 Å². The average Bonchev–Trinajstić information content (AvgIpc) is 2.76. The third-order valence-electron chi connectivity index (χ3n) is 5.86. The second-order valence-corrected chi connectivity index (χ2v) is 8.25. The molecule has 188 valence electrons. The highest BCUT2D eigenvalue weighted by Crippen LogP contribution is 2.31. The van der Waals surface area contributed by atoms with Gasteiger partial charge >= 0.3 is 0 Å². The second kappa shape index (κ2) is 10.8. The molecule has 0 saturated carbocycles. The van der Waals surface area contributed by atoms with Gasteiger partial charge in [0.1, 0.15) is 54.9 Å². The fourth-order valence-corrected chi connectivity index (χ4v) is 4.02. The molecule has 14 nitrogen and oxygen atoms in total. The number of hydrogen-bond donors (Lipinski definition) is 9. The van der Waals surface area contributed by atoms with E-state index in [1.165, 1.54) is 0 Å². The molecule has 9 N–H and O–H groups in total. The van der Waals surface area contributed by atoms with Gasteiger partial charge in [-0.1, -0.05) is 0 Å². The molecule has 0 unspecified atom stereocenters. The molecule has 0 spiro atoms. The number of ether oxygens (including phenoxy) is 5. The van der Waals surface area contributed by atoms with E-state index in [0.29, 0.717) is 0 Å². The van der Waals surface area contributed by atoms with Gasteiger partial charge in [0, 0.05) is 6.42 Å². The van der Waals surface area contributed by atoms with E-state index < -0.39 is 99.2 Å². The smallest absolute Gasteiger partial charge is 0.187 e. The molecule has 3 aliphatic rings. The Morgan fingerprint density at radius 2 is 1.16 bits per heavy atom. The lowest BCUT2D eigenvalue weighted by Crippen LogP contribution is -2.65. The summed E-state index contributed by atoms with van der Waals surface area (Å²) in [5.41, 5.74) is 0. The van der Waals surface area contributed by atoms with Gasteiger partial charge in [-0.2, -0.15) is 0 Å². The Morgan fingerprint density at radius 3 is 1.72 bits per heavy atom. The molecule has 0 aromatic carbocycles. The van der Waals surface area contributed by atoms with Crippen LogP contribution in [0.15, 0.2) is 0 Å². The summed E-state index contributed by atoms with van der Waals surface area (Å²) in [7, 11) is 0. The molecule has 3 aliphatic heterocycles. The number of aliphatic hydroxyl groups excluding tert-OH is 9. The maximum absolute atomic E-state index is 10.6. The Hall–Kier alpha value is -0.560. The topological polar surface area (TPSA) is 228 Å². The van der Waals surface area contributed by atoms with Gasteiger partial charge in [-0.3, -0.25) is 0 Å². The lowest BCUT2D eigenvalue weighted by atomic mass is 9.96. The Labute approximate surface area is 183 Å². The largest absolute Gasteiger partial charge is 0.394 e. The summed E-state index contributed by atoms with van der Waals surface area (Å²) >= 11 is 0. The van der Waals surface area contributed by atoms with Crippen molar-refractivity contribution in [2.24, 2.45) is 0 Å². The number of hydrogen-bond acceptors (Lipinski definition) is 14. The maximum Gasteiger partial charge on any atom is 0.187 e. The van der Waals surface area contributed by atoms with E-state index >= 15 is 0 Å². The summed E-state index contributed by atoms with van der Waals surface area (Å²) in [5, 5.41) is 89.9. The van der Waals surface area contributed by atoms with Crippen LogP contribution < -0.4 is 0 Å². The van der Waals surface area contributed by atoms with E-state index in [1.807, 2.05) is 0 Å². The summed E-state index contributed by atoms with van der Waals surface area (Å²) in [6, 6.07) is 0. The zero-order chi connectivity index (χ0) is 23.7. The minimum absolute atomic E-state index is 0.158. The van der Waals surface area contributed by atoms with Crippen LogP contribution in [-0.2, 0) is 23.7 Å². The first-order chi connectivity index (χ1) is 15.1. The molecule has 0 radical (unpaired) electrons. The van der Waals surface area contributed by atoms with E-state index in [9.17, 15) is 46.0 Å². The van der Waals surface area contributed by atoms with Crippen LogP contribution >= 0.6 is 0 Å². The molecule has 0 aliphatic carbocycles. The number of aliphatic hydroxyl groups is 9. The van der Waals surface area contributed by atoms with Crippen LogP contribution in [0.1, 0.15) is 13.3 Å². The third-order valence-corrected chi connectivity index (χ3v) is 5.86. The predicted octanol–water partition coefficient (Wildman–Crippen LogP) is -5.52. The maximum atomic E-state index is 10.6. The van der Waals surface area contributed by atoms with Crippen molar-refractivity contribution in [1.29, 1.82) is 0 Å². The molecule has 0 bridgehead atoms. The minimum atomic E-state index is -1.80. The first-order valence-electron chi connectivity index (χ1n) is 10.3. The highest BCUT2D eigenvalue weighted by Gasteiger charge is 2.52. The van der Waals surface area contributed by atoms with Crippen LogP contribution in [0.2, 0.25) is 0 Å². The van der Waals surface area contributed by atoms with E-state index in [-0.39, 0.29) is 6.42 Å². The minimum Gasteiger partial charge on any atom is -0.394 e. The Kier molecular flexibility index (Phi) is 8.79. The monoisotopic (exact) mass is 472 g/mol. The molecule has 3 fully saturated rings. The summed E-state index contributed by atoms with van der Waals surface area (Å²) in [4.78, 5) is 0. The lowest BCUT2D eigenvalue weighted by molar-refractivity contribution is -0.372. The van der Waals surface area contributed by atoms with E-state index in [0.717, 1.165) is 0 Å². The van der Waals surface area contributed by atoms with Crippen molar-refractivity contribution >= 4 is 0 Å². The summed E-state index contributed by atoms with van der Waals surface area (Å²) in [5.74, 6) is 0. The van der Waals surface area contributed by atoms with E-state index in [2.05, 4.69) is 0 Å². The van der Waals surface area contributed by atoms with Crippen LogP contribution in [0.4, 0.5) is 0 Å². The van der Waals surface area contributed by atoms with Crippen molar-refractivity contribution in [3.8, 4) is 0 Å². The van der Waals surface area contributed by atoms with Crippen molar-refractivity contribution in [2.45, 2.75) is 99.4 Å². The van der Waals surface area contributed by atoms with Crippen molar-refractivity contribution in [3.05, 3.63) is 0 Å². The molecule has 0 aromatic rings. The molecule has 0 amide bonds. The Balaban J connectivity index is 1.71. The standard InChI is InChI=1S/C18H32O14/c1-5-2-6(21)9(22)17(28-5)31-15-8(4-20)30-18(13(26)11(15)24)32-14-7(3-19)29-16(27)12(25)10(14)23/h5-27H,2-4H2,1H3/t5-,6+,7-,8-,9-,10-,11-,12-,13-,14-,15-,16+,17-,18-/m1/s1. The van der Waals surface area contributed by atoms with Gasteiger partial charge < -0.3 is 69.6 Å². The van der Waals surface area contributed by atoms with Crippen LogP contribution in [0, 0.1) is 0 Å².